The van der Waals surface area contributed by atoms with E-state index in [9.17, 15) is 9.59 Å². The van der Waals surface area contributed by atoms with E-state index >= 15 is 0 Å². The molecule has 2 aliphatic rings. The van der Waals surface area contributed by atoms with Crippen molar-refractivity contribution >= 4 is 22.7 Å². The first-order valence-electron chi connectivity index (χ1n) is 9.30. The molecule has 8 nitrogen and oxygen atoms in total. The molecule has 8 heteroatoms. The van der Waals surface area contributed by atoms with Gasteiger partial charge in [-0.25, -0.2) is 0 Å². The van der Waals surface area contributed by atoms with Crippen molar-refractivity contribution in [3.63, 3.8) is 0 Å². The molecule has 0 bridgehead atoms. The Balaban J connectivity index is 1.78. The van der Waals surface area contributed by atoms with Gasteiger partial charge in [-0.1, -0.05) is 0 Å². The highest BCUT2D eigenvalue weighted by Crippen LogP contribution is 2.52. The van der Waals surface area contributed by atoms with E-state index in [1.165, 1.54) is 27.4 Å². The average molecular weight is 410 g/mol. The predicted octanol–water partition coefficient (Wildman–Crippen LogP) is 3.24. The molecule has 0 aliphatic carbocycles. The molecule has 30 heavy (non-hydrogen) atoms. The van der Waals surface area contributed by atoms with Gasteiger partial charge in [0.15, 0.2) is 17.6 Å². The Morgan fingerprint density at radius 2 is 1.90 bits per heavy atom. The zero-order valence-electron chi connectivity index (χ0n) is 16.5. The topological polar surface area (TPSA) is 93.4 Å². The number of benzene rings is 2. The summed E-state index contributed by atoms with van der Waals surface area (Å²) < 4.78 is 34.0. The van der Waals surface area contributed by atoms with Crippen LogP contribution in [0.5, 0.6) is 23.0 Å². The highest BCUT2D eigenvalue weighted by Gasteiger charge is 2.60. The smallest absolute Gasteiger partial charge is 0.304 e. The lowest BCUT2D eigenvalue weighted by Gasteiger charge is -2.45. The van der Waals surface area contributed by atoms with Crippen LogP contribution in [0.2, 0.25) is 0 Å². The molecular weight excluding hydrogens is 392 g/mol. The minimum absolute atomic E-state index is 0.00478. The van der Waals surface area contributed by atoms with E-state index in [1.54, 1.807) is 30.3 Å². The lowest BCUT2D eigenvalue weighted by atomic mass is 9.77. The van der Waals surface area contributed by atoms with E-state index in [1.807, 2.05) is 0 Å². The van der Waals surface area contributed by atoms with Crippen LogP contribution in [0.1, 0.15) is 22.8 Å². The van der Waals surface area contributed by atoms with Crippen LogP contribution < -0.4 is 18.9 Å². The Morgan fingerprint density at radius 1 is 1.13 bits per heavy atom. The molecule has 0 unspecified atom stereocenters. The first kappa shape index (κ1) is 18.4. The van der Waals surface area contributed by atoms with Crippen LogP contribution in [0.15, 0.2) is 41.0 Å². The fraction of sp³-hybridized carbons (Fsp3) is 0.273. The van der Waals surface area contributed by atoms with Crippen LogP contribution in [0, 0.1) is 0 Å². The zero-order chi connectivity index (χ0) is 21.0. The van der Waals surface area contributed by atoms with Crippen LogP contribution in [-0.2, 0) is 15.1 Å². The monoisotopic (exact) mass is 410 g/mol. The largest absolute Gasteiger partial charge is 0.493 e. The lowest BCUT2D eigenvalue weighted by molar-refractivity contribution is -0.168. The van der Waals surface area contributed by atoms with E-state index in [0.29, 0.717) is 45.1 Å². The number of esters is 1. The Hall–Kier alpha value is -3.68. The Bertz CT molecular complexity index is 1190. The molecular formula is C22H18O8. The average Bonchev–Trinajstić information content (AvgIpc) is 3.22. The second-order valence-electron chi connectivity index (χ2n) is 7.05. The van der Waals surface area contributed by atoms with Gasteiger partial charge in [0.05, 0.1) is 37.0 Å². The molecule has 0 N–H and O–H groups in total. The van der Waals surface area contributed by atoms with Crippen LogP contribution in [-0.4, -0.2) is 38.7 Å². The lowest BCUT2D eigenvalue weighted by Crippen LogP contribution is -2.59. The van der Waals surface area contributed by atoms with Crippen LogP contribution in [0.4, 0.5) is 0 Å². The fourth-order valence-corrected chi connectivity index (χ4v) is 4.17. The van der Waals surface area contributed by atoms with Gasteiger partial charge in [0.25, 0.3) is 0 Å². The molecule has 0 radical (unpaired) electrons. The quantitative estimate of drug-likeness (QED) is 0.608. The summed E-state index contributed by atoms with van der Waals surface area (Å²) in [6.45, 7) is 1.25. The molecule has 0 fully saturated rings. The van der Waals surface area contributed by atoms with Gasteiger partial charge in [-0.05, 0) is 24.3 Å². The van der Waals surface area contributed by atoms with Gasteiger partial charge in [-0.15, -0.1) is 0 Å². The molecule has 3 aromatic rings. The van der Waals surface area contributed by atoms with Crippen LogP contribution in [0.25, 0.3) is 11.0 Å². The SMILES string of the molecule is COc1cc2c(cc1OC)[C@]1(OC(C)=O)C(=O)c3ccc4occc4c3O[C@@H]1CO2. The second kappa shape index (κ2) is 6.41. The molecule has 154 valence electrons. The van der Waals surface area contributed by atoms with Crippen LogP contribution in [0.3, 0.4) is 0 Å². The summed E-state index contributed by atoms with van der Waals surface area (Å²) in [5.74, 6) is 0.519. The summed E-state index contributed by atoms with van der Waals surface area (Å²) in [7, 11) is 2.98. The van der Waals surface area contributed by atoms with Gasteiger partial charge in [0.2, 0.25) is 11.4 Å². The summed E-state index contributed by atoms with van der Waals surface area (Å²) in [4.78, 5) is 26.0. The van der Waals surface area contributed by atoms with Crippen molar-refractivity contribution in [2.45, 2.75) is 18.6 Å². The van der Waals surface area contributed by atoms with Crippen molar-refractivity contribution in [1.29, 1.82) is 0 Å². The molecule has 2 aromatic carbocycles. The van der Waals surface area contributed by atoms with Gasteiger partial charge in [-0.3, -0.25) is 9.59 Å². The number of methoxy groups -OCH3 is 2. The second-order valence-corrected chi connectivity index (χ2v) is 7.05. The number of furan rings is 1. The maximum absolute atomic E-state index is 13.9. The van der Waals surface area contributed by atoms with Crippen molar-refractivity contribution in [3.05, 3.63) is 47.7 Å². The van der Waals surface area contributed by atoms with Crippen molar-refractivity contribution < 1.29 is 37.7 Å². The molecule has 0 amide bonds. The van der Waals surface area contributed by atoms with Gasteiger partial charge in [0, 0.05) is 13.0 Å². The van der Waals surface area contributed by atoms with Crippen LogP contribution >= 0.6 is 0 Å². The number of rotatable bonds is 3. The van der Waals surface area contributed by atoms with E-state index < -0.39 is 23.5 Å². The zero-order valence-corrected chi connectivity index (χ0v) is 16.5. The first-order chi connectivity index (χ1) is 14.5. The number of carbonyl (C=O) groups excluding carboxylic acids is 2. The number of Topliss-reactive ketones (excluding diaryl/α,β-unsaturated/α-hetero) is 1. The maximum atomic E-state index is 13.9. The Labute approximate surface area is 171 Å². The molecule has 5 rings (SSSR count). The summed E-state index contributed by atoms with van der Waals surface area (Å²) in [6.07, 6.45) is 0.628. The highest BCUT2D eigenvalue weighted by atomic mass is 16.6. The molecule has 3 heterocycles. The van der Waals surface area contributed by atoms with Gasteiger partial charge in [0.1, 0.15) is 23.7 Å². The fourth-order valence-electron chi connectivity index (χ4n) is 4.17. The molecule has 0 saturated heterocycles. The molecule has 1 aromatic heterocycles. The normalized spacial score (nSPS) is 21.6. The summed E-state index contributed by atoms with van der Waals surface area (Å²) >= 11 is 0. The number of ketones is 1. The predicted molar refractivity (Wildman–Crippen MR) is 103 cm³/mol. The minimum atomic E-state index is -1.72. The van der Waals surface area contributed by atoms with Gasteiger partial charge >= 0.3 is 5.97 Å². The van der Waals surface area contributed by atoms with E-state index in [0.717, 1.165) is 0 Å². The third-order valence-corrected chi connectivity index (χ3v) is 5.46. The Kier molecular flexibility index (Phi) is 3.92. The Morgan fingerprint density at radius 3 is 2.63 bits per heavy atom. The van der Waals surface area contributed by atoms with E-state index in [-0.39, 0.29) is 6.61 Å². The number of fused-ring (bicyclic) bond motifs is 6. The number of hydrogen-bond donors (Lipinski definition) is 0. The standard InChI is InChI=1S/C22H18O8/c1-11(23)30-22-14-8-17(25-2)18(26-3)9-16(14)28-10-19(22)29-20-12-6-7-27-15(12)5-4-13(20)21(22)24/h4-9,19H,10H2,1-3H3/t19-,22-/m1/s1. The minimum Gasteiger partial charge on any atom is -0.493 e. The molecule has 0 spiro atoms. The maximum Gasteiger partial charge on any atom is 0.304 e. The van der Waals surface area contributed by atoms with E-state index in [4.69, 9.17) is 28.1 Å². The molecule has 0 saturated carbocycles. The van der Waals surface area contributed by atoms with Gasteiger partial charge < -0.3 is 28.1 Å². The first-order valence-corrected chi connectivity index (χ1v) is 9.30. The molecule has 2 aliphatic heterocycles. The highest BCUT2D eigenvalue weighted by molar-refractivity contribution is 6.11. The van der Waals surface area contributed by atoms with E-state index in [2.05, 4.69) is 0 Å². The third kappa shape index (κ3) is 2.33. The number of ether oxygens (including phenoxy) is 5. The summed E-state index contributed by atoms with van der Waals surface area (Å²) in [6, 6.07) is 8.22. The van der Waals surface area contributed by atoms with Crippen molar-refractivity contribution in [2.24, 2.45) is 0 Å². The number of carbonyl (C=O) groups is 2. The third-order valence-electron chi connectivity index (χ3n) is 5.46. The summed E-state index contributed by atoms with van der Waals surface area (Å²) in [5, 5.41) is 0.662. The number of hydrogen-bond acceptors (Lipinski definition) is 8. The van der Waals surface area contributed by atoms with Crippen molar-refractivity contribution in [1.82, 2.24) is 0 Å². The summed E-state index contributed by atoms with van der Waals surface area (Å²) in [5.41, 5.74) is -0.493. The van der Waals surface area contributed by atoms with Crippen molar-refractivity contribution in [2.75, 3.05) is 20.8 Å². The molecule has 2 atom stereocenters. The van der Waals surface area contributed by atoms with Gasteiger partial charge in [-0.2, -0.15) is 0 Å². The van der Waals surface area contributed by atoms with Crippen molar-refractivity contribution in [3.8, 4) is 23.0 Å².